The van der Waals surface area contributed by atoms with Gasteiger partial charge in [0.05, 0.1) is 6.04 Å². The normalized spacial score (nSPS) is 47.5. The fourth-order valence-electron chi connectivity index (χ4n) is 6.27. The molecule has 4 aliphatic rings. The quantitative estimate of drug-likeness (QED) is 0.475. The first-order valence-electron chi connectivity index (χ1n) is 8.74. The molecule has 0 aliphatic heterocycles. The third-order valence-electron chi connectivity index (χ3n) is 7.28. The molecule has 5 atom stereocenters. The Morgan fingerprint density at radius 2 is 2.00 bits per heavy atom. The highest BCUT2D eigenvalue weighted by molar-refractivity contribution is 5.27. The van der Waals surface area contributed by atoms with Gasteiger partial charge in [0.25, 0.3) is 0 Å². The van der Waals surface area contributed by atoms with Crippen molar-refractivity contribution in [1.82, 2.24) is 0 Å². The largest absolute Gasteiger partial charge is 0.151 e. The van der Waals surface area contributed by atoms with Crippen molar-refractivity contribution in [1.29, 1.82) is 0 Å². The Morgan fingerprint density at radius 3 is 2.85 bits per heavy atom. The first-order chi connectivity index (χ1) is 9.71. The zero-order valence-electron chi connectivity index (χ0n) is 12.7. The van der Waals surface area contributed by atoms with Crippen molar-refractivity contribution in [3.05, 3.63) is 16.1 Å². The summed E-state index contributed by atoms with van der Waals surface area (Å²) in [5.74, 6) is 2.84. The van der Waals surface area contributed by atoms with E-state index in [1.54, 1.807) is 11.1 Å². The predicted molar refractivity (Wildman–Crippen MR) is 81.4 cm³/mol. The molecular formula is C18H27NO. The van der Waals surface area contributed by atoms with Gasteiger partial charge >= 0.3 is 0 Å². The minimum absolute atomic E-state index is 0.0886. The summed E-state index contributed by atoms with van der Waals surface area (Å²) in [6, 6.07) is 0.0886. The molecule has 2 fully saturated rings. The van der Waals surface area contributed by atoms with Crippen LogP contribution in [0, 0.1) is 28.1 Å². The number of hydrogen-bond donors (Lipinski definition) is 0. The minimum atomic E-state index is 0.0886. The lowest BCUT2D eigenvalue weighted by Gasteiger charge is -2.51. The third-order valence-corrected chi connectivity index (χ3v) is 7.28. The van der Waals surface area contributed by atoms with Crippen LogP contribution < -0.4 is 0 Å². The molecule has 0 heterocycles. The SMILES string of the molecule is CC12CCCC1C1CCC3=C(CC[C@H](N=O)C3)C1CC2. The van der Waals surface area contributed by atoms with E-state index < -0.39 is 0 Å². The molecule has 0 amide bonds. The Kier molecular flexibility index (Phi) is 3.05. The van der Waals surface area contributed by atoms with E-state index in [0.29, 0.717) is 5.41 Å². The Hall–Kier alpha value is -0.660. The highest BCUT2D eigenvalue weighted by atomic mass is 16.3. The highest BCUT2D eigenvalue weighted by Gasteiger charge is 2.50. The molecule has 0 spiro atoms. The maximum atomic E-state index is 10.8. The van der Waals surface area contributed by atoms with Crippen LogP contribution in [0.4, 0.5) is 0 Å². The lowest BCUT2D eigenvalue weighted by atomic mass is 9.54. The zero-order chi connectivity index (χ0) is 13.7. The van der Waals surface area contributed by atoms with Crippen LogP contribution in [0.2, 0.25) is 0 Å². The molecular weight excluding hydrogens is 246 g/mol. The number of fused-ring (bicyclic) bond motifs is 4. The highest BCUT2D eigenvalue weighted by Crippen LogP contribution is 2.61. The van der Waals surface area contributed by atoms with Gasteiger partial charge in [-0.25, -0.2) is 0 Å². The maximum absolute atomic E-state index is 10.8. The summed E-state index contributed by atoms with van der Waals surface area (Å²) in [6.07, 6.45) is 13.2. The van der Waals surface area contributed by atoms with Gasteiger partial charge in [0.15, 0.2) is 0 Å². The fraction of sp³-hybridized carbons (Fsp3) is 0.889. The molecule has 0 aromatic carbocycles. The van der Waals surface area contributed by atoms with Crippen molar-refractivity contribution in [2.45, 2.75) is 77.2 Å². The third kappa shape index (κ3) is 1.83. The van der Waals surface area contributed by atoms with E-state index in [9.17, 15) is 4.91 Å². The van der Waals surface area contributed by atoms with Crippen molar-refractivity contribution in [2.75, 3.05) is 0 Å². The van der Waals surface area contributed by atoms with E-state index >= 15 is 0 Å². The summed E-state index contributed by atoms with van der Waals surface area (Å²) in [4.78, 5) is 10.8. The second kappa shape index (κ2) is 4.68. The van der Waals surface area contributed by atoms with Crippen LogP contribution in [0.25, 0.3) is 0 Å². The molecule has 110 valence electrons. The summed E-state index contributed by atoms with van der Waals surface area (Å²) in [6.45, 7) is 2.57. The summed E-state index contributed by atoms with van der Waals surface area (Å²) in [5, 5.41) is 3.32. The molecule has 0 radical (unpaired) electrons. The Morgan fingerprint density at radius 1 is 1.10 bits per heavy atom. The Labute approximate surface area is 122 Å². The summed E-state index contributed by atoms with van der Waals surface area (Å²) >= 11 is 0. The van der Waals surface area contributed by atoms with Crippen LogP contribution in [0.15, 0.2) is 16.3 Å². The van der Waals surface area contributed by atoms with Gasteiger partial charge in [-0.05, 0) is 81.0 Å². The fourth-order valence-corrected chi connectivity index (χ4v) is 6.27. The van der Waals surface area contributed by atoms with E-state index in [0.717, 1.165) is 30.6 Å². The second-order valence-corrected chi connectivity index (χ2v) is 8.13. The number of hydrogen-bond acceptors (Lipinski definition) is 2. The van der Waals surface area contributed by atoms with E-state index in [1.807, 2.05) is 0 Å². The average Bonchev–Trinajstić information content (AvgIpc) is 2.88. The molecule has 2 heteroatoms. The van der Waals surface area contributed by atoms with Gasteiger partial charge < -0.3 is 0 Å². The van der Waals surface area contributed by atoms with Crippen molar-refractivity contribution in [3.63, 3.8) is 0 Å². The molecule has 2 saturated carbocycles. The van der Waals surface area contributed by atoms with Crippen LogP contribution in [0.5, 0.6) is 0 Å². The van der Waals surface area contributed by atoms with Crippen molar-refractivity contribution < 1.29 is 0 Å². The summed E-state index contributed by atoms with van der Waals surface area (Å²) < 4.78 is 0. The summed E-state index contributed by atoms with van der Waals surface area (Å²) in [7, 11) is 0. The van der Waals surface area contributed by atoms with Crippen LogP contribution in [-0.2, 0) is 0 Å². The summed E-state index contributed by atoms with van der Waals surface area (Å²) in [5.41, 5.74) is 4.10. The first kappa shape index (κ1) is 13.0. The van der Waals surface area contributed by atoms with E-state index in [-0.39, 0.29) is 6.04 Å². The van der Waals surface area contributed by atoms with Crippen LogP contribution >= 0.6 is 0 Å². The maximum Gasteiger partial charge on any atom is 0.0959 e. The van der Waals surface area contributed by atoms with E-state index in [1.165, 1.54) is 51.4 Å². The van der Waals surface area contributed by atoms with Gasteiger partial charge in [-0.2, -0.15) is 4.91 Å². The number of rotatable bonds is 1. The lowest BCUT2D eigenvalue weighted by molar-refractivity contribution is 0.0408. The molecule has 4 unspecified atom stereocenters. The first-order valence-corrected chi connectivity index (χ1v) is 8.74. The topological polar surface area (TPSA) is 29.4 Å². The van der Waals surface area contributed by atoms with Crippen molar-refractivity contribution in [3.8, 4) is 0 Å². The van der Waals surface area contributed by atoms with Crippen LogP contribution in [-0.4, -0.2) is 6.04 Å². The monoisotopic (exact) mass is 273 g/mol. The number of nitrogens with zero attached hydrogens (tertiary/aromatic N) is 1. The van der Waals surface area contributed by atoms with Crippen LogP contribution in [0.1, 0.15) is 71.1 Å². The predicted octanol–water partition coefficient (Wildman–Crippen LogP) is 5.23. The smallest absolute Gasteiger partial charge is 0.0959 e. The lowest BCUT2D eigenvalue weighted by Crippen LogP contribution is -2.41. The van der Waals surface area contributed by atoms with Crippen molar-refractivity contribution in [2.24, 2.45) is 28.3 Å². The molecule has 4 aliphatic carbocycles. The van der Waals surface area contributed by atoms with Gasteiger partial charge in [0, 0.05) is 0 Å². The van der Waals surface area contributed by atoms with Crippen LogP contribution in [0.3, 0.4) is 0 Å². The zero-order valence-corrected chi connectivity index (χ0v) is 12.7. The van der Waals surface area contributed by atoms with E-state index in [2.05, 4.69) is 12.1 Å². The van der Waals surface area contributed by atoms with Gasteiger partial charge in [-0.3, -0.25) is 0 Å². The molecule has 0 saturated heterocycles. The molecule has 0 N–H and O–H groups in total. The van der Waals surface area contributed by atoms with Gasteiger partial charge in [-0.15, -0.1) is 0 Å². The Balaban J connectivity index is 1.61. The molecule has 2 nitrogen and oxygen atoms in total. The standard InChI is InChI=1S/C18H27NO/c1-18-9-2-3-17(18)16-6-4-12-11-13(19-20)5-7-14(12)15(16)8-10-18/h13,15-17H,2-11H2,1H3/t13-,15?,16?,17?,18?/m0/s1. The van der Waals surface area contributed by atoms with Gasteiger partial charge in [0.2, 0.25) is 0 Å². The average molecular weight is 273 g/mol. The molecule has 20 heavy (non-hydrogen) atoms. The molecule has 4 rings (SSSR count). The van der Waals surface area contributed by atoms with Crippen molar-refractivity contribution >= 4 is 0 Å². The second-order valence-electron chi connectivity index (χ2n) is 8.13. The van der Waals surface area contributed by atoms with Gasteiger partial charge in [-0.1, -0.05) is 29.7 Å². The Bertz CT molecular complexity index is 454. The molecule has 0 bridgehead atoms. The number of allylic oxidation sites excluding steroid dienone is 1. The van der Waals surface area contributed by atoms with Gasteiger partial charge in [0.1, 0.15) is 0 Å². The number of nitroso groups, excluding NO2 is 1. The molecule has 0 aromatic rings. The minimum Gasteiger partial charge on any atom is -0.151 e. The van der Waals surface area contributed by atoms with E-state index in [4.69, 9.17) is 0 Å². The molecule has 0 aromatic heterocycles.